The molecule has 8 heteroatoms. The molecule has 20 heavy (non-hydrogen) atoms. The highest BCUT2D eigenvalue weighted by molar-refractivity contribution is 7.89. The molecule has 0 atom stereocenters. The van der Waals surface area contributed by atoms with E-state index < -0.39 is 16.0 Å². The van der Waals surface area contributed by atoms with Crippen molar-refractivity contribution in [3.8, 4) is 0 Å². The van der Waals surface area contributed by atoms with Gasteiger partial charge in [-0.05, 0) is 24.3 Å². The molecular formula is C12H12N2O5S. The summed E-state index contributed by atoms with van der Waals surface area (Å²) in [4.78, 5) is 14.7. The molecule has 2 aromatic rings. The Morgan fingerprint density at radius 3 is 2.50 bits per heavy atom. The Labute approximate surface area is 115 Å². The molecule has 0 aliphatic carbocycles. The van der Waals surface area contributed by atoms with E-state index in [9.17, 15) is 13.2 Å². The molecule has 0 aliphatic heterocycles. The quantitative estimate of drug-likeness (QED) is 0.856. The highest BCUT2D eigenvalue weighted by Crippen LogP contribution is 2.11. The van der Waals surface area contributed by atoms with E-state index in [1.165, 1.54) is 30.5 Å². The van der Waals surface area contributed by atoms with E-state index in [4.69, 9.17) is 9.52 Å². The molecule has 2 N–H and O–H groups in total. The zero-order valence-electron chi connectivity index (χ0n) is 10.5. The van der Waals surface area contributed by atoms with Crippen molar-refractivity contribution in [1.82, 2.24) is 9.71 Å². The van der Waals surface area contributed by atoms with Crippen LogP contribution in [0.2, 0.25) is 0 Å². The summed E-state index contributed by atoms with van der Waals surface area (Å²) in [6.07, 6.45) is 1.37. The maximum atomic E-state index is 12.0. The molecule has 0 unspecified atom stereocenters. The topological polar surface area (TPSA) is 110 Å². The minimum absolute atomic E-state index is 0.000352. The van der Waals surface area contributed by atoms with Crippen LogP contribution in [0, 0.1) is 6.92 Å². The van der Waals surface area contributed by atoms with Crippen LogP contribution in [0.3, 0.4) is 0 Å². The molecule has 106 valence electrons. The second-order valence-electron chi connectivity index (χ2n) is 4.01. The summed E-state index contributed by atoms with van der Waals surface area (Å²) >= 11 is 0. The molecule has 0 saturated heterocycles. The average molecular weight is 296 g/mol. The van der Waals surface area contributed by atoms with Crippen molar-refractivity contribution < 1.29 is 22.7 Å². The summed E-state index contributed by atoms with van der Waals surface area (Å²) < 4.78 is 31.3. The van der Waals surface area contributed by atoms with Gasteiger partial charge in [0.05, 0.1) is 22.7 Å². The lowest BCUT2D eigenvalue weighted by atomic mass is 10.2. The van der Waals surface area contributed by atoms with Crippen molar-refractivity contribution >= 4 is 16.0 Å². The number of sulfonamides is 1. The van der Waals surface area contributed by atoms with E-state index >= 15 is 0 Å². The molecule has 2 rings (SSSR count). The van der Waals surface area contributed by atoms with Crippen LogP contribution < -0.4 is 4.72 Å². The third-order valence-electron chi connectivity index (χ3n) is 2.52. The molecule has 1 aromatic heterocycles. The Morgan fingerprint density at radius 1 is 1.35 bits per heavy atom. The molecule has 0 aliphatic rings. The SMILES string of the molecule is Cc1nc(CNS(=O)(=O)c2ccc(C(=O)O)cc2)co1. The number of nitrogens with zero attached hydrogens (tertiary/aromatic N) is 1. The first-order valence-corrected chi connectivity index (χ1v) is 7.11. The van der Waals surface area contributed by atoms with Gasteiger partial charge in [-0.2, -0.15) is 0 Å². The average Bonchev–Trinajstić information content (AvgIpc) is 2.82. The van der Waals surface area contributed by atoms with Crippen LogP contribution in [0.25, 0.3) is 0 Å². The summed E-state index contributed by atoms with van der Waals surface area (Å²) in [5, 5.41) is 8.75. The number of carboxylic acids is 1. The Balaban J connectivity index is 2.11. The van der Waals surface area contributed by atoms with Gasteiger partial charge in [0.15, 0.2) is 5.89 Å². The third kappa shape index (κ3) is 3.22. The number of aromatic nitrogens is 1. The Kier molecular flexibility index (Phi) is 3.86. The number of aryl methyl sites for hydroxylation is 1. The lowest BCUT2D eigenvalue weighted by Gasteiger charge is -2.05. The lowest BCUT2D eigenvalue weighted by Crippen LogP contribution is -2.23. The minimum atomic E-state index is -3.72. The van der Waals surface area contributed by atoms with E-state index in [2.05, 4.69) is 9.71 Å². The van der Waals surface area contributed by atoms with E-state index in [1.807, 2.05) is 0 Å². The van der Waals surface area contributed by atoms with Gasteiger partial charge in [-0.25, -0.2) is 22.9 Å². The molecule has 0 spiro atoms. The van der Waals surface area contributed by atoms with Gasteiger partial charge in [-0.1, -0.05) is 0 Å². The van der Waals surface area contributed by atoms with E-state index in [-0.39, 0.29) is 17.0 Å². The fraction of sp³-hybridized carbons (Fsp3) is 0.167. The number of carbonyl (C=O) groups is 1. The van der Waals surface area contributed by atoms with Crippen molar-refractivity contribution in [2.75, 3.05) is 0 Å². The van der Waals surface area contributed by atoms with Gasteiger partial charge >= 0.3 is 5.97 Å². The van der Waals surface area contributed by atoms with Crippen LogP contribution in [0.4, 0.5) is 0 Å². The molecular weight excluding hydrogens is 284 g/mol. The number of hydrogen-bond acceptors (Lipinski definition) is 5. The summed E-state index contributed by atoms with van der Waals surface area (Å²) in [7, 11) is -3.72. The third-order valence-corrected chi connectivity index (χ3v) is 3.94. The maximum Gasteiger partial charge on any atom is 0.335 e. The molecule has 7 nitrogen and oxygen atoms in total. The molecule has 0 radical (unpaired) electrons. The molecule has 1 aromatic carbocycles. The summed E-state index contributed by atoms with van der Waals surface area (Å²) in [5.74, 6) is -0.662. The largest absolute Gasteiger partial charge is 0.478 e. The molecule has 0 amide bonds. The van der Waals surface area contributed by atoms with E-state index in [0.717, 1.165) is 0 Å². The van der Waals surface area contributed by atoms with Crippen LogP contribution >= 0.6 is 0 Å². The smallest absolute Gasteiger partial charge is 0.335 e. The van der Waals surface area contributed by atoms with Gasteiger partial charge in [0.1, 0.15) is 6.26 Å². The number of carboxylic acid groups (broad SMARTS) is 1. The normalized spacial score (nSPS) is 11.4. The maximum absolute atomic E-state index is 12.0. The van der Waals surface area contributed by atoms with Crippen LogP contribution in [0.15, 0.2) is 39.8 Å². The van der Waals surface area contributed by atoms with Crippen LogP contribution in [0.5, 0.6) is 0 Å². The first-order chi connectivity index (χ1) is 9.38. The van der Waals surface area contributed by atoms with Gasteiger partial charge in [-0.15, -0.1) is 0 Å². The first kappa shape index (κ1) is 14.2. The van der Waals surface area contributed by atoms with Crippen molar-refractivity contribution in [2.45, 2.75) is 18.4 Å². The number of benzene rings is 1. The highest BCUT2D eigenvalue weighted by Gasteiger charge is 2.15. The van der Waals surface area contributed by atoms with Gasteiger partial charge in [0.2, 0.25) is 10.0 Å². The van der Waals surface area contributed by atoms with Gasteiger partial charge < -0.3 is 9.52 Å². The van der Waals surface area contributed by atoms with Crippen LogP contribution in [-0.2, 0) is 16.6 Å². The fourth-order valence-corrected chi connectivity index (χ4v) is 2.52. The van der Waals surface area contributed by atoms with Crippen molar-refractivity contribution in [3.05, 3.63) is 47.7 Å². The standard InChI is InChI=1S/C12H12N2O5S/c1-8-14-10(7-19-8)6-13-20(17,18)11-4-2-9(3-5-11)12(15)16/h2-5,7,13H,6H2,1H3,(H,15,16). The Hall–Kier alpha value is -2.19. The second-order valence-corrected chi connectivity index (χ2v) is 5.78. The lowest BCUT2D eigenvalue weighted by molar-refractivity contribution is 0.0696. The predicted molar refractivity (Wildman–Crippen MR) is 68.7 cm³/mol. The van der Waals surface area contributed by atoms with Crippen molar-refractivity contribution in [2.24, 2.45) is 0 Å². The number of rotatable bonds is 5. The van der Waals surface area contributed by atoms with Gasteiger partial charge in [-0.3, -0.25) is 0 Å². The van der Waals surface area contributed by atoms with Crippen molar-refractivity contribution in [1.29, 1.82) is 0 Å². The van der Waals surface area contributed by atoms with Crippen LogP contribution in [-0.4, -0.2) is 24.5 Å². The second kappa shape index (κ2) is 5.43. The van der Waals surface area contributed by atoms with Crippen LogP contribution in [0.1, 0.15) is 21.9 Å². The number of hydrogen-bond donors (Lipinski definition) is 2. The molecule has 0 fully saturated rings. The summed E-state index contributed by atoms with van der Waals surface area (Å²) in [6.45, 7) is 1.66. The van der Waals surface area contributed by atoms with E-state index in [0.29, 0.717) is 11.6 Å². The van der Waals surface area contributed by atoms with E-state index in [1.54, 1.807) is 6.92 Å². The molecule has 0 saturated carbocycles. The highest BCUT2D eigenvalue weighted by atomic mass is 32.2. The van der Waals surface area contributed by atoms with Gasteiger partial charge in [0.25, 0.3) is 0 Å². The monoisotopic (exact) mass is 296 g/mol. The first-order valence-electron chi connectivity index (χ1n) is 5.62. The number of nitrogens with one attached hydrogen (secondary N) is 1. The zero-order chi connectivity index (χ0) is 14.8. The molecule has 0 bridgehead atoms. The summed E-state index contributed by atoms with van der Waals surface area (Å²) in [5.41, 5.74) is 0.490. The Bertz CT molecular complexity index is 719. The predicted octanol–water partition coefficient (Wildman–Crippen LogP) is 1.16. The Morgan fingerprint density at radius 2 is 2.00 bits per heavy atom. The molecule has 1 heterocycles. The fourth-order valence-electron chi connectivity index (χ4n) is 1.52. The number of oxazole rings is 1. The number of aromatic carboxylic acids is 1. The van der Waals surface area contributed by atoms with Crippen molar-refractivity contribution in [3.63, 3.8) is 0 Å². The summed E-state index contributed by atoms with van der Waals surface area (Å²) in [6, 6.07) is 4.94. The minimum Gasteiger partial charge on any atom is -0.478 e. The van der Waals surface area contributed by atoms with Gasteiger partial charge in [0, 0.05) is 6.92 Å². The zero-order valence-corrected chi connectivity index (χ0v) is 11.3.